The molecule has 1 aromatic carbocycles. The van der Waals surface area contributed by atoms with Gasteiger partial charge >= 0.3 is 0 Å². The zero-order valence-electron chi connectivity index (χ0n) is 6.97. The molecule has 0 unspecified atom stereocenters. The van der Waals surface area contributed by atoms with Crippen LogP contribution in [-0.4, -0.2) is 10.2 Å². The van der Waals surface area contributed by atoms with Gasteiger partial charge < -0.3 is 5.10 Å². The molecule has 0 amide bonds. The molecule has 0 fully saturated rings. The first-order valence-corrected chi connectivity index (χ1v) is 4.69. The lowest BCUT2D eigenvalue weighted by Gasteiger charge is -1.99. The normalized spacial score (nSPS) is 10.4. The maximum atomic E-state index is 12.8. The lowest BCUT2D eigenvalue weighted by atomic mass is 10.1. The molecule has 0 aliphatic carbocycles. The molecule has 0 spiro atoms. The van der Waals surface area contributed by atoms with Gasteiger partial charge in [-0.1, -0.05) is 22.0 Å². The number of hydrogen-bond acceptors (Lipinski definition) is 1. The van der Waals surface area contributed by atoms with Crippen LogP contribution in [-0.2, 0) is 0 Å². The number of aromatic amines is 2. The minimum Gasteiger partial charge on any atom is -0.305 e. The van der Waals surface area contributed by atoms with Crippen LogP contribution in [0.2, 0.25) is 0 Å². The van der Waals surface area contributed by atoms with E-state index in [1.54, 1.807) is 12.3 Å². The summed E-state index contributed by atoms with van der Waals surface area (Å²) in [5.41, 5.74) is 0.920. The molecule has 72 valence electrons. The molecule has 5 heteroatoms. The molecule has 3 nitrogen and oxygen atoms in total. The Morgan fingerprint density at radius 1 is 1.29 bits per heavy atom. The maximum absolute atomic E-state index is 12.8. The quantitative estimate of drug-likeness (QED) is 0.808. The summed E-state index contributed by atoms with van der Waals surface area (Å²) in [5.74, 6) is -0.340. The molecular weight excluding hydrogens is 251 g/mol. The van der Waals surface area contributed by atoms with Gasteiger partial charge in [-0.25, -0.2) is 4.39 Å². The third-order valence-electron chi connectivity index (χ3n) is 1.87. The van der Waals surface area contributed by atoms with Gasteiger partial charge in [-0.05, 0) is 12.1 Å². The number of H-pyrrole nitrogens is 2. The van der Waals surface area contributed by atoms with Crippen LogP contribution in [0.3, 0.4) is 0 Å². The van der Waals surface area contributed by atoms with Gasteiger partial charge in [0.2, 0.25) is 0 Å². The molecule has 14 heavy (non-hydrogen) atoms. The van der Waals surface area contributed by atoms with Gasteiger partial charge in [0, 0.05) is 16.2 Å². The molecule has 0 saturated carbocycles. The van der Waals surface area contributed by atoms with E-state index < -0.39 is 0 Å². The molecule has 0 bridgehead atoms. The summed E-state index contributed by atoms with van der Waals surface area (Å²) in [6.07, 6.45) is 1.54. The molecule has 1 aromatic heterocycles. The minimum atomic E-state index is -0.340. The van der Waals surface area contributed by atoms with Crippen LogP contribution in [0.25, 0.3) is 11.1 Å². The predicted molar refractivity (Wildman–Crippen MR) is 54.5 cm³/mol. The number of aromatic nitrogens is 2. The largest absolute Gasteiger partial charge is 0.305 e. The molecule has 1 heterocycles. The van der Waals surface area contributed by atoms with Crippen LogP contribution in [0.5, 0.6) is 0 Å². The van der Waals surface area contributed by atoms with Gasteiger partial charge in [-0.3, -0.25) is 9.89 Å². The average molecular weight is 257 g/mol. The van der Waals surface area contributed by atoms with Gasteiger partial charge in [-0.15, -0.1) is 0 Å². The van der Waals surface area contributed by atoms with Crippen LogP contribution >= 0.6 is 15.9 Å². The van der Waals surface area contributed by atoms with Crippen molar-refractivity contribution < 1.29 is 4.39 Å². The fourth-order valence-electron chi connectivity index (χ4n) is 1.21. The van der Waals surface area contributed by atoms with Crippen LogP contribution in [0.1, 0.15) is 0 Å². The van der Waals surface area contributed by atoms with E-state index in [1.807, 2.05) is 0 Å². The van der Waals surface area contributed by atoms with Crippen molar-refractivity contribution in [3.8, 4) is 11.1 Å². The van der Waals surface area contributed by atoms with E-state index in [0.717, 1.165) is 0 Å². The van der Waals surface area contributed by atoms with E-state index in [0.29, 0.717) is 15.6 Å². The third kappa shape index (κ3) is 1.50. The summed E-state index contributed by atoms with van der Waals surface area (Å²) < 4.78 is 13.3. The number of hydrogen-bond donors (Lipinski definition) is 2. The Kier molecular flexibility index (Phi) is 2.25. The second-order valence-corrected chi connectivity index (χ2v) is 3.63. The molecule has 0 radical (unpaired) electrons. The van der Waals surface area contributed by atoms with Crippen molar-refractivity contribution in [1.29, 1.82) is 0 Å². The summed E-state index contributed by atoms with van der Waals surface area (Å²) in [4.78, 5) is 11.3. The summed E-state index contributed by atoms with van der Waals surface area (Å²) in [5, 5.41) is 5.00. The highest BCUT2D eigenvalue weighted by Crippen LogP contribution is 2.25. The zero-order valence-corrected chi connectivity index (χ0v) is 8.56. The Morgan fingerprint density at radius 2 is 2.07 bits per heavy atom. The summed E-state index contributed by atoms with van der Waals surface area (Å²) >= 11 is 3.20. The highest BCUT2D eigenvalue weighted by molar-refractivity contribution is 9.10. The minimum absolute atomic E-state index is 0.225. The number of rotatable bonds is 1. The molecule has 0 atom stereocenters. The number of nitrogens with one attached hydrogen (secondary N) is 2. The van der Waals surface area contributed by atoms with E-state index in [4.69, 9.17) is 0 Å². The highest BCUT2D eigenvalue weighted by Gasteiger charge is 2.08. The van der Waals surface area contributed by atoms with Gasteiger partial charge in [0.05, 0.1) is 5.56 Å². The van der Waals surface area contributed by atoms with Crippen molar-refractivity contribution in [2.45, 2.75) is 0 Å². The van der Waals surface area contributed by atoms with Gasteiger partial charge in [0.15, 0.2) is 0 Å². The van der Waals surface area contributed by atoms with E-state index in [2.05, 4.69) is 26.1 Å². The van der Waals surface area contributed by atoms with Crippen LogP contribution in [0, 0.1) is 5.82 Å². The molecule has 2 aromatic rings. The Balaban J connectivity index is 2.63. The first kappa shape index (κ1) is 9.21. The van der Waals surface area contributed by atoms with Crippen molar-refractivity contribution in [3.05, 3.63) is 45.0 Å². The lowest BCUT2D eigenvalue weighted by molar-refractivity contribution is 0.627. The van der Waals surface area contributed by atoms with Crippen molar-refractivity contribution in [2.75, 3.05) is 0 Å². The first-order valence-electron chi connectivity index (χ1n) is 3.90. The third-order valence-corrected chi connectivity index (χ3v) is 2.52. The number of benzene rings is 1. The smallest absolute Gasteiger partial charge is 0.271 e. The first-order chi connectivity index (χ1) is 6.68. The van der Waals surface area contributed by atoms with Gasteiger partial charge in [-0.2, -0.15) is 0 Å². The van der Waals surface area contributed by atoms with Crippen LogP contribution in [0.15, 0.2) is 33.7 Å². The summed E-state index contributed by atoms with van der Waals surface area (Å²) in [7, 11) is 0. The standard InChI is InChI=1S/C9H6BrFN2O/c10-8-3-5(11)1-2-6(8)7-4-12-13-9(7)14/h1-4H,(H2,12,13,14). The van der Waals surface area contributed by atoms with Crippen molar-refractivity contribution in [2.24, 2.45) is 0 Å². The van der Waals surface area contributed by atoms with Crippen molar-refractivity contribution in [1.82, 2.24) is 10.2 Å². The molecule has 2 N–H and O–H groups in total. The number of halogens is 2. The molecule has 0 saturated heterocycles. The Morgan fingerprint density at radius 3 is 2.64 bits per heavy atom. The van der Waals surface area contributed by atoms with E-state index in [-0.39, 0.29) is 11.4 Å². The fourth-order valence-corrected chi connectivity index (χ4v) is 1.78. The van der Waals surface area contributed by atoms with Crippen LogP contribution in [0.4, 0.5) is 4.39 Å². The van der Waals surface area contributed by atoms with E-state index in [1.165, 1.54) is 12.1 Å². The van der Waals surface area contributed by atoms with E-state index in [9.17, 15) is 9.18 Å². The second kappa shape index (κ2) is 3.42. The Bertz CT molecular complexity index is 518. The molecule has 0 aliphatic heterocycles. The van der Waals surface area contributed by atoms with E-state index >= 15 is 0 Å². The molecule has 2 rings (SSSR count). The maximum Gasteiger partial charge on any atom is 0.271 e. The monoisotopic (exact) mass is 256 g/mol. The summed E-state index contributed by atoms with van der Waals surface area (Å²) in [6.45, 7) is 0. The summed E-state index contributed by atoms with van der Waals surface area (Å²) in [6, 6.07) is 4.19. The van der Waals surface area contributed by atoms with Gasteiger partial charge in [0.25, 0.3) is 5.56 Å². The van der Waals surface area contributed by atoms with Crippen molar-refractivity contribution >= 4 is 15.9 Å². The van der Waals surface area contributed by atoms with Crippen molar-refractivity contribution in [3.63, 3.8) is 0 Å². The molecular formula is C9H6BrFN2O. The van der Waals surface area contributed by atoms with Gasteiger partial charge in [0.1, 0.15) is 5.82 Å². The Labute approximate surface area is 87.1 Å². The van der Waals surface area contributed by atoms with Crippen LogP contribution < -0.4 is 5.56 Å². The highest BCUT2D eigenvalue weighted by atomic mass is 79.9. The fraction of sp³-hybridized carbons (Fsp3) is 0. The predicted octanol–water partition coefficient (Wildman–Crippen LogP) is 2.27. The molecule has 0 aliphatic rings. The zero-order chi connectivity index (χ0) is 10.1. The lowest BCUT2D eigenvalue weighted by Crippen LogP contribution is -2.01. The second-order valence-electron chi connectivity index (χ2n) is 2.78. The Hall–Kier alpha value is -1.36. The SMILES string of the molecule is O=c1[nH][nH]cc1-c1ccc(F)cc1Br. The topological polar surface area (TPSA) is 48.6 Å². The average Bonchev–Trinajstić information content (AvgIpc) is 2.52.